The molecule has 1 aromatic rings. The lowest BCUT2D eigenvalue weighted by Crippen LogP contribution is -2.52. The predicted octanol–water partition coefficient (Wildman–Crippen LogP) is 0.708. The molecule has 1 aliphatic rings. The van der Waals surface area contributed by atoms with Gasteiger partial charge in [0, 0.05) is 6.54 Å². The maximum Gasteiger partial charge on any atom is 0.255 e. The highest BCUT2D eigenvalue weighted by Crippen LogP contribution is 2.28. The Kier molecular flexibility index (Phi) is 6.03. The van der Waals surface area contributed by atoms with E-state index >= 15 is 0 Å². The van der Waals surface area contributed by atoms with Gasteiger partial charge in [0.05, 0.1) is 12.6 Å². The van der Waals surface area contributed by atoms with Crippen LogP contribution in [0.2, 0.25) is 0 Å². The summed E-state index contributed by atoms with van der Waals surface area (Å²) in [7, 11) is 1.52. The molecule has 0 saturated carbocycles. The van der Waals surface area contributed by atoms with E-state index in [1.54, 1.807) is 12.1 Å². The van der Waals surface area contributed by atoms with Crippen molar-refractivity contribution < 1.29 is 19.1 Å². The molecule has 1 saturated heterocycles. The molecule has 0 bridgehead atoms. The third kappa shape index (κ3) is 4.17. The van der Waals surface area contributed by atoms with Gasteiger partial charge in [-0.1, -0.05) is 13.0 Å². The van der Waals surface area contributed by atoms with Gasteiger partial charge in [0.2, 0.25) is 5.91 Å². The highest BCUT2D eigenvalue weighted by molar-refractivity contribution is 5.86. The molecule has 0 aromatic heterocycles. The molecule has 2 rings (SSSR count). The molecule has 1 heterocycles. The van der Waals surface area contributed by atoms with Gasteiger partial charge in [-0.2, -0.15) is 0 Å². The van der Waals surface area contributed by atoms with Crippen molar-refractivity contribution in [2.75, 3.05) is 20.3 Å². The van der Waals surface area contributed by atoms with Crippen LogP contribution in [-0.4, -0.2) is 37.6 Å². The Hall–Kier alpha value is -2.28. The lowest BCUT2D eigenvalue weighted by molar-refractivity contribution is -0.127. The Morgan fingerprint density at radius 2 is 2.17 bits per heavy atom. The normalized spacial score (nSPS) is 19.8. The minimum Gasteiger partial charge on any atom is -0.493 e. The summed E-state index contributed by atoms with van der Waals surface area (Å²) in [5, 5.41) is 6.30. The second-order valence-electron chi connectivity index (χ2n) is 5.89. The minimum absolute atomic E-state index is 0.0236. The number of primary amides is 1. The van der Waals surface area contributed by atoms with Crippen molar-refractivity contribution in [1.82, 2.24) is 10.6 Å². The Morgan fingerprint density at radius 1 is 1.38 bits per heavy atom. The van der Waals surface area contributed by atoms with E-state index in [0.29, 0.717) is 18.0 Å². The van der Waals surface area contributed by atoms with Crippen molar-refractivity contribution in [3.63, 3.8) is 0 Å². The maximum atomic E-state index is 12.5. The minimum atomic E-state index is -0.553. The largest absolute Gasteiger partial charge is 0.493 e. The molecule has 132 valence electrons. The van der Waals surface area contributed by atoms with E-state index in [0.717, 1.165) is 31.4 Å². The maximum absolute atomic E-state index is 12.5. The molecule has 2 amide bonds. The van der Waals surface area contributed by atoms with Crippen molar-refractivity contribution in [2.24, 2.45) is 5.73 Å². The molecule has 0 spiro atoms. The fraction of sp³-hybridized carbons (Fsp3) is 0.529. The third-order valence-electron chi connectivity index (χ3n) is 4.33. The highest BCUT2D eigenvalue weighted by atomic mass is 16.5. The van der Waals surface area contributed by atoms with Crippen LogP contribution < -0.4 is 25.8 Å². The van der Waals surface area contributed by atoms with Crippen LogP contribution >= 0.6 is 0 Å². The first-order chi connectivity index (χ1) is 11.5. The van der Waals surface area contributed by atoms with Crippen LogP contribution in [0.25, 0.3) is 0 Å². The summed E-state index contributed by atoms with van der Waals surface area (Å²) >= 11 is 0. The first-order valence-corrected chi connectivity index (χ1v) is 8.12. The van der Waals surface area contributed by atoms with Crippen LogP contribution in [0.5, 0.6) is 11.5 Å². The number of nitrogens with two attached hydrogens (primary N) is 1. The van der Waals surface area contributed by atoms with E-state index < -0.39 is 11.4 Å². The van der Waals surface area contributed by atoms with Crippen LogP contribution in [-0.2, 0) is 16.1 Å². The van der Waals surface area contributed by atoms with E-state index in [4.69, 9.17) is 15.2 Å². The topological polar surface area (TPSA) is 103 Å². The smallest absolute Gasteiger partial charge is 0.255 e. The Balaban J connectivity index is 1.99. The number of benzene rings is 1. The van der Waals surface area contributed by atoms with Gasteiger partial charge in [0.1, 0.15) is 0 Å². The van der Waals surface area contributed by atoms with Crippen LogP contribution in [0.15, 0.2) is 18.2 Å². The predicted molar refractivity (Wildman–Crippen MR) is 89.8 cm³/mol. The Labute approximate surface area is 141 Å². The molecule has 1 aliphatic heterocycles. The monoisotopic (exact) mass is 335 g/mol. The van der Waals surface area contributed by atoms with Gasteiger partial charge >= 0.3 is 0 Å². The number of ether oxygens (including phenoxy) is 2. The number of carbonyl (C=O) groups is 2. The fourth-order valence-corrected chi connectivity index (χ4v) is 2.90. The molecule has 1 aromatic carbocycles. The summed E-state index contributed by atoms with van der Waals surface area (Å²) in [5.74, 6) is 0.402. The zero-order valence-electron chi connectivity index (χ0n) is 14.2. The summed E-state index contributed by atoms with van der Waals surface area (Å²) in [5.41, 5.74) is 5.51. The second kappa shape index (κ2) is 8.01. The Bertz CT molecular complexity index is 597. The molecule has 1 fully saturated rings. The molecular formula is C17H25N3O4. The molecule has 1 unspecified atom stereocenters. The van der Waals surface area contributed by atoms with E-state index in [-0.39, 0.29) is 12.5 Å². The molecule has 7 nitrogen and oxygen atoms in total. The number of rotatable bonds is 8. The van der Waals surface area contributed by atoms with Gasteiger partial charge in [-0.3, -0.25) is 9.59 Å². The lowest BCUT2D eigenvalue weighted by Gasteiger charge is -2.26. The van der Waals surface area contributed by atoms with Gasteiger partial charge in [0.25, 0.3) is 5.91 Å². The number of hydrogen-bond donors (Lipinski definition) is 3. The molecule has 24 heavy (non-hydrogen) atoms. The highest BCUT2D eigenvalue weighted by Gasteiger charge is 2.38. The zero-order chi connectivity index (χ0) is 17.6. The average molecular weight is 335 g/mol. The van der Waals surface area contributed by atoms with Gasteiger partial charge in [0.15, 0.2) is 18.1 Å². The van der Waals surface area contributed by atoms with E-state index in [2.05, 4.69) is 10.6 Å². The van der Waals surface area contributed by atoms with Crippen molar-refractivity contribution in [3.05, 3.63) is 23.8 Å². The molecule has 0 aliphatic carbocycles. The van der Waals surface area contributed by atoms with Crippen molar-refractivity contribution in [1.29, 1.82) is 0 Å². The van der Waals surface area contributed by atoms with Crippen molar-refractivity contribution in [2.45, 2.75) is 38.3 Å². The standard InChI is InChI=1S/C17H25N3O4/c1-3-17(7-4-8-20-17)16(22)19-10-12-5-6-13(14(9-12)23-2)24-11-15(18)21/h5-6,9,20H,3-4,7-8,10-11H2,1-2H3,(H2,18,21)(H,19,22). The van der Waals surface area contributed by atoms with Crippen molar-refractivity contribution >= 4 is 11.8 Å². The third-order valence-corrected chi connectivity index (χ3v) is 4.33. The van der Waals surface area contributed by atoms with Gasteiger partial charge in [-0.05, 0) is 43.5 Å². The molecule has 1 atom stereocenters. The second-order valence-corrected chi connectivity index (χ2v) is 5.89. The van der Waals surface area contributed by atoms with Crippen LogP contribution in [0.4, 0.5) is 0 Å². The fourth-order valence-electron chi connectivity index (χ4n) is 2.90. The van der Waals surface area contributed by atoms with Crippen LogP contribution in [0.3, 0.4) is 0 Å². The van der Waals surface area contributed by atoms with Crippen molar-refractivity contribution in [3.8, 4) is 11.5 Å². The quantitative estimate of drug-likeness (QED) is 0.649. The van der Waals surface area contributed by atoms with E-state index in [9.17, 15) is 9.59 Å². The number of amides is 2. The van der Waals surface area contributed by atoms with Crippen LogP contribution in [0, 0.1) is 0 Å². The first kappa shape index (κ1) is 18.1. The van der Waals surface area contributed by atoms with Crippen LogP contribution in [0.1, 0.15) is 31.7 Å². The Morgan fingerprint density at radius 3 is 2.75 bits per heavy atom. The van der Waals surface area contributed by atoms with E-state index in [1.165, 1.54) is 7.11 Å². The molecule has 0 radical (unpaired) electrons. The number of carbonyl (C=O) groups excluding carboxylic acids is 2. The number of hydrogen-bond acceptors (Lipinski definition) is 5. The summed E-state index contributed by atoms with van der Waals surface area (Å²) in [6, 6.07) is 5.30. The zero-order valence-corrected chi connectivity index (χ0v) is 14.2. The van der Waals surface area contributed by atoms with Gasteiger partial charge in [-0.25, -0.2) is 0 Å². The average Bonchev–Trinajstić information content (AvgIpc) is 3.08. The van der Waals surface area contributed by atoms with Gasteiger partial charge in [-0.15, -0.1) is 0 Å². The number of nitrogens with one attached hydrogen (secondary N) is 2. The summed E-state index contributed by atoms with van der Waals surface area (Å²) in [6.45, 7) is 3.08. The molecule has 4 N–H and O–H groups in total. The number of methoxy groups -OCH3 is 1. The summed E-state index contributed by atoms with van der Waals surface area (Å²) in [6.07, 6.45) is 2.64. The molecule has 7 heteroatoms. The molecular weight excluding hydrogens is 310 g/mol. The van der Waals surface area contributed by atoms with Gasteiger partial charge < -0.3 is 25.8 Å². The summed E-state index contributed by atoms with van der Waals surface area (Å²) in [4.78, 5) is 23.3. The lowest BCUT2D eigenvalue weighted by atomic mass is 9.93. The summed E-state index contributed by atoms with van der Waals surface area (Å²) < 4.78 is 10.6. The van der Waals surface area contributed by atoms with E-state index in [1.807, 2.05) is 13.0 Å². The first-order valence-electron chi connectivity index (χ1n) is 8.12. The SMILES string of the molecule is CCC1(C(=O)NCc2ccc(OCC(N)=O)c(OC)c2)CCCN1.